The largest absolute Gasteiger partial charge is 0.298 e. The van der Waals surface area contributed by atoms with Gasteiger partial charge in [-0.3, -0.25) is 15.0 Å². The summed E-state index contributed by atoms with van der Waals surface area (Å²) < 4.78 is 1.12. The van der Waals surface area contributed by atoms with Crippen molar-refractivity contribution in [2.24, 2.45) is 5.92 Å². The summed E-state index contributed by atoms with van der Waals surface area (Å²) in [5, 5.41) is 5.61. The molecule has 0 radical (unpaired) electrons. The van der Waals surface area contributed by atoms with Gasteiger partial charge in [0, 0.05) is 27.6 Å². The van der Waals surface area contributed by atoms with Crippen LogP contribution in [0.4, 0.5) is 5.13 Å². The molecule has 2 heterocycles. The number of anilines is 1. The quantitative estimate of drug-likeness (QED) is 0.723. The van der Waals surface area contributed by atoms with E-state index in [0.717, 1.165) is 34.8 Å². The van der Waals surface area contributed by atoms with Crippen LogP contribution >= 0.6 is 33.9 Å². The van der Waals surface area contributed by atoms with Gasteiger partial charge in [-0.1, -0.05) is 6.92 Å². The fourth-order valence-electron chi connectivity index (χ4n) is 2.87. The number of hydrogen-bond donors (Lipinski definition) is 1. The average Bonchev–Trinajstić information content (AvgIpc) is 2.95. The van der Waals surface area contributed by atoms with Crippen LogP contribution in [-0.4, -0.2) is 28.9 Å². The van der Waals surface area contributed by atoms with Crippen LogP contribution in [0.25, 0.3) is 0 Å². The van der Waals surface area contributed by atoms with E-state index in [-0.39, 0.29) is 5.91 Å². The van der Waals surface area contributed by atoms with Crippen molar-refractivity contribution in [2.45, 2.75) is 26.3 Å². The van der Waals surface area contributed by atoms with E-state index >= 15 is 0 Å². The summed E-state index contributed by atoms with van der Waals surface area (Å²) in [5.41, 5.74) is 1.70. The SMILES string of the molecule is C[C@H]1CCCN(Cc2csc(NC(=O)c3ccc(I)cc3)n2)C1. The van der Waals surface area contributed by atoms with Crippen LogP contribution in [0.2, 0.25) is 0 Å². The molecule has 6 heteroatoms. The standard InChI is InChI=1S/C17H20IN3OS/c1-12-3-2-8-21(9-12)10-15-11-23-17(19-15)20-16(22)13-4-6-14(18)7-5-13/h4-7,11-12H,2-3,8-10H2,1H3,(H,19,20,22)/t12-/m0/s1. The minimum Gasteiger partial charge on any atom is -0.298 e. The number of likely N-dealkylation sites (tertiary alicyclic amines) is 1. The topological polar surface area (TPSA) is 45.2 Å². The molecule has 1 aromatic carbocycles. The number of piperidine rings is 1. The molecule has 1 atom stereocenters. The van der Waals surface area contributed by atoms with Gasteiger partial charge >= 0.3 is 0 Å². The van der Waals surface area contributed by atoms with Gasteiger partial charge in [-0.15, -0.1) is 11.3 Å². The van der Waals surface area contributed by atoms with E-state index < -0.39 is 0 Å². The summed E-state index contributed by atoms with van der Waals surface area (Å²) >= 11 is 3.72. The zero-order valence-electron chi connectivity index (χ0n) is 13.1. The smallest absolute Gasteiger partial charge is 0.257 e. The molecule has 0 saturated carbocycles. The van der Waals surface area contributed by atoms with Gasteiger partial charge in [0.25, 0.3) is 5.91 Å². The molecule has 1 amide bonds. The molecule has 0 bridgehead atoms. The predicted molar refractivity (Wildman–Crippen MR) is 103 cm³/mol. The molecule has 0 unspecified atom stereocenters. The van der Waals surface area contributed by atoms with Crippen molar-refractivity contribution >= 4 is 45.0 Å². The van der Waals surface area contributed by atoms with E-state index in [4.69, 9.17) is 0 Å². The number of carbonyl (C=O) groups is 1. The van der Waals surface area contributed by atoms with Crippen molar-refractivity contribution in [1.82, 2.24) is 9.88 Å². The van der Waals surface area contributed by atoms with Gasteiger partial charge in [-0.05, 0) is 72.2 Å². The molecule has 3 rings (SSSR count). The van der Waals surface area contributed by atoms with Gasteiger partial charge in [-0.2, -0.15) is 0 Å². The van der Waals surface area contributed by atoms with Crippen LogP contribution < -0.4 is 5.32 Å². The second-order valence-electron chi connectivity index (χ2n) is 6.09. The number of halogens is 1. The summed E-state index contributed by atoms with van der Waals surface area (Å²) in [6.45, 7) is 5.47. The van der Waals surface area contributed by atoms with Crippen LogP contribution in [0.1, 0.15) is 35.8 Å². The Balaban J connectivity index is 1.58. The second kappa shape index (κ2) is 7.72. The molecule has 1 saturated heterocycles. The van der Waals surface area contributed by atoms with Gasteiger partial charge < -0.3 is 0 Å². The molecular weight excluding hydrogens is 421 g/mol. The van der Waals surface area contributed by atoms with Crippen LogP contribution in [0.15, 0.2) is 29.6 Å². The Morgan fingerprint density at radius 2 is 2.22 bits per heavy atom. The van der Waals surface area contributed by atoms with Gasteiger partial charge in [0.05, 0.1) is 5.69 Å². The molecule has 1 aromatic heterocycles. The van der Waals surface area contributed by atoms with Crippen LogP contribution in [-0.2, 0) is 6.54 Å². The van der Waals surface area contributed by atoms with E-state index in [1.54, 1.807) is 0 Å². The average molecular weight is 441 g/mol. The Morgan fingerprint density at radius 3 is 2.96 bits per heavy atom. The van der Waals surface area contributed by atoms with Crippen molar-refractivity contribution in [1.29, 1.82) is 0 Å². The normalized spacial score (nSPS) is 18.8. The molecule has 2 aromatic rings. The Morgan fingerprint density at radius 1 is 1.43 bits per heavy atom. The third-order valence-corrected chi connectivity index (χ3v) is 5.53. The Hall–Kier alpha value is -0.990. The van der Waals surface area contributed by atoms with Crippen molar-refractivity contribution in [2.75, 3.05) is 18.4 Å². The number of aromatic nitrogens is 1. The van der Waals surface area contributed by atoms with Crippen LogP contribution in [0.5, 0.6) is 0 Å². The third-order valence-electron chi connectivity index (χ3n) is 4.01. The Kier molecular flexibility index (Phi) is 5.66. The maximum atomic E-state index is 12.2. The predicted octanol–water partition coefficient (Wildman–Crippen LogP) is 4.23. The van der Waals surface area contributed by atoms with E-state index in [0.29, 0.717) is 10.7 Å². The lowest BCUT2D eigenvalue weighted by atomic mass is 10.0. The minimum absolute atomic E-state index is 0.103. The lowest BCUT2D eigenvalue weighted by Crippen LogP contribution is -2.33. The van der Waals surface area contributed by atoms with Crippen molar-refractivity contribution in [3.8, 4) is 0 Å². The molecular formula is C17H20IN3OS. The second-order valence-corrected chi connectivity index (χ2v) is 8.19. The van der Waals surface area contributed by atoms with Crippen LogP contribution in [0, 0.1) is 9.49 Å². The number of amides is 1. The monoisotopic (exact) mass is 441 g/mol. The Labute approximate surface area is 154 Å². The first-order valence-electron chi connectivity index (χ1n) is 7.84. The number of hydrogen-bond acceptors (Lipinski definition) is 4. The molecule has 23 heavy (non-hydrogen) atoms. The maximum absolute atomic E-state index is 12.2. The molecule has 1 aliphatic rings. The molecule has 4 nitrogen and oxygen atoms in total. The zero-order chi connectivity index (χ0) is 16.2. The molecule has 0 aliphatic carbocycles. The molecule has 1 fully saturated rings. The fourth-order valence-corrected chi connectivity index (χ4v) is 3.92. The summed E-state index contributed by atoms with van der Waals surface area (Å²) in [5.74, 6) is 0.663. The van der Waals surface area contributed by atoms with E-state index in [1.807, 2.05) is 29.6 Å². The molecule has 1 N–H and O–H groups in total. The van der Waals surface area contributed by atoms with Crippen molar-refractivity contribution < 1.29 is 4.79 Å². The van der Waals surface area contributed by atoms with Crippen molar-refractivity contribution in [3.05, 3.63) is 44.5 Å². The first-order valence-corrected chi connectivity index (χ1v) is 9.79. The first kappa shape index (κ1) is 16.9. The van der Waals surface area contributed by atoms with Crippen molar-refractivity contribution in [3.63, 3.8) is 0 Å². The van der Waals surface area contributed by atoms with Gasteiger partial charge in [0.2, 0.25) is 0 Å². The molecule has 0 spiro atoms. The lowest BCUT2D eigenvalue weighted by Gasteiger charge is -2.30. The Bertz CT molecular complexity index is 671. The third kappa shape index (κ3) is 4.74. The number of nitrogens with zero attached hydrogens (tertiary/aromatic N) is 2. The maximum Gasteiger partial charge on any atom is 0.257 e. The first-order chi connectivity index (χ1) is 11.1. The number of rotatable bonds is 4. The highest BCUT2D eigenvalue weighted by Crippen LogP contribution is 2.21. The van der Waals surface area contributed by atoms with E-state index in [9.17, 15) is 4.79 Å². The highest BCUT2D eigenvalue weighted by molar-refractivity contribution is 14.1. The van der Waals surface area contributed by atoms with Gasteiger partial charge in [0.1, 0.15) is 0 Å². The number of thiazole rings is 1. The fraction of sp³-hybridized carbons (Fsp3) is 0.412. The minimum atomic E-state index is -0.103. The lowest BCUT2D eigenvalue weighted by molar-refractivity contribution is 0.102. The van der Waals surface area contributed by atoms with E-state index in [1.165, 1.54) is 24.2 Å². The highest BCUT2D eigenvalue weighted by atomic mass is 127. The van der Waals surface area contributed by atoms with E-state index in [2.05, 4.69) is 44.7 Å². The highest BCUT2D eigenvalue weighted by Gasteiger charge is 2.17. The number of nitrogens with one attached hydrogen (secondary N) is 1. The molecule has 122 valence electrons. The molecule has 1 aliphatic heterocycles. The zero-order valence-corrected chi connectivity index (χ0v) is 16.1. The summed E-state index contributed by atoms with van der Waals surface area (Å²) in [4.78, 5) is 19.2. The summed E-state index contributed by atoms with van der Waals surface area (Å²) in [6.07, 6.45) is 2.59. The summed E-state index contributed by atoms with van der Waals surface area (Å²) in [7, 11) is 0. The summed E-state index contributed by atoms with van der Waals surface area (Å²) in [6, 6.07) is 7.53. The number of carbonyl (C=O) groups excluding carboxylic acids is 1. The van der Waals surface area contributed by atoms with Crippen LogP contribution in [0.3, 0.4) is 0 Å². The van der Waals surface area contributed by atoms with Gasteiger partial charge in [-0.25, -0.2) is 4.98 Å². The van der Waals surface area contributed by atoms with Gasteiger partial charge in [0.15, 0.2) is 5.13 Å². The number of benzene rings is 1.